The fourth-order valence-electron chi connectivity index (χ4n) is 2.41. The van der Waals surface area contributed by atoms with E-state index < -0.39 is 0 Å². The molecule has 26 heavy (non-hydrogen) atoms. The number of terminal acetylenes is 1. The molecule has 0 bridgehead atoms. The molecule has 3 aromatic rings. The number of nitrogens with zero attached hydrogens (tertiary/aromatic N) is 2. The first-order valence-electron chi connectivity index (χ1n) is 8.04. The Hall–Kier alpha value is -2.49. The number of carbonyl (C=O) groups is 1. The second kappa shape index (κ2) is 8.75. The lowest BCUT2D eigenvalue weighted by Crippen LogP contribution is -2.30. The van der Waals surface area contributed by atoms with Crippen LogP contribution in [0.4, 0.5) is 0 Å². The summed E-state index contributed by atoms with van der Waals surface area (Å²) in [5.41, 5.74) is 1.69. The molecule has 0 N–H and O–H groups in total. The molecule has 0 aliphatic heterocycles. The summed E-state index contributed by atoms with van der Waals surface area (Å²) in [6.45, 7) is 2.60. The van der Waals surface area contributed by atoms with Gasteiger partial charge in [0.25, 0.3) is 5.91 Å². The van der Waals surface area contributed by atoms with E-state index in [0.29, 0.717) is 17.9 Å². The maximum atomic E-state index is 12.7. The monoisotopic (exact) mass is 382 g/mol. The highest BCUT2D eigenvalue weighted by atomic mass is 32.2. The van der Waals surface area contributed by atoms with E-state index in [9.17, 15) is 4.79 Å². The van der Waals surface area contributed by atoms with Crippen LogP contribution in [0, 0.1) is 19.3 Å². The van der Waals surface area contributed by atoms with E-state index in [1.54, 1.807) is 40.3 Å². The molecule has 6 heteroatoms. The SMILES string of the molecule is C#CCN(Cc1ccco1)C(=O)c1ccc(SCc2csc(C)n2)cc1. The van der Waals surface area contributed by atoms with Crippen LogP contribution in [-0.4, -0.2) is 22.3 Å². The standard InChI is InChI=1S/C20H18N2O2S2/c1-3-10-22(12-18-5-4-11-24-18)20(23)16-6-8-19(9-7-16)26-14-17-13-25-15(2)21-17/h1,4-9,11,13H,10,12,14H2,2H3. The summed E-state index contributed by atoms with van der Waals surface area (Å²) in [7, 11) is 0. The molecule has 0 aliphatic carbocycles. The number of thioether (sulfide) groups is 1. The van der Waals surface area contributed by atoms with E-state index in [1.165, 1.54) is 0 Å². The molecular weight excluding hydrogens is 364 g/mol. The molecule has 3 rings (SSSR count). The molecule has 1 aromatic carbocycles. The topological polar surface area (TPSA) is 46.3 Å². The summed E-state index contributed by atoms with van der Waals surface area (Å²) in [4.78, 5) is 19.9. The summed E-state index contributed by atoms with van der Waals surface area (Å²) < 4.78 is 5.32. The minimum Gasteiger partial charge on any atom is -0.467 e. The van der Waals surface area contributed by atoms with Crippen molar-refractivity contribution in [2.45, 2.75) is 24.1 Å². The fraction of sp³-hybridized carbons (Fsp3) is 0.200. The highest BCUT2D eigenvalue weighted by molar-refractivity contribution is 7.98. The number of amides is 1. The third-order valence-corrected chi connectivity index (χ3v) is 5.52. The number of rotatable bonds is 7. The zero-order valence-corrected chi connectivity index (χ0v) is 16.0. The van der Waals surface area contributed by atoms with Crippen molar-refractivity contribution in [2.75, 3.05) is 6.54 Å². The fourth-order valence-corrected chi connectivity index (χ4v) is 3.92. The van der Waals surface area contributed by atoms with Gasteiger partial charge in [0.2, 0.25) is 0 Å². The molecular formula is C20H18N2O2S2. The average Bonchev–Trinajstić information content (AvgIpc) is 3.31. The maximum Gasteiger partial charge on any atom is 0.255 e. The summed E-state index contributed by atoms with van der Waals surface area (Å²) in [5.74, 6) is 3.96. The number of aromatic nitrogens is 1. The zero-order chi connectivity index (χ0) is 18.4. The van der Waals surface area contributed by atoms with Gasteiger partial charge < -0.3 is 9.32 Å². The van der Waals surface area contributed by atoms with Crippen LogP contribution in [0.3, 0.4) is 0 Å². The smallest absolute Gasteiger partial charge is 0.255 e. The van der Waals surface area contributed by atoms with Gasteiger partial charge in [0.05, 0.1) is 30.1 Å². The number of thiazole rings is 1. The van der Waals surface area contributed by atoms with Crippen LogP contribution >= 0.6 is 23.1 Å². The Bertz CT molecular complexity index is 893. The van der Waals surface area contributed by atoms with Crippen molar-refractivity contribution in [1.82, 2.24) is 9.88 Å². The predicted octanol–water partition coefficient (Wildman–Crippen LogP) is 4.61. The lowest BCUT2D eigenvalue weighted by Gasteiger charge is -2.19. The second-order valence-electron chi connectivity index (χ2n) is 5.62. The van der Waals surface area contributed by atoms with Gasteiger partial charge in [-0.2, -0.15) is 0 Å². The largest absolute Gasteiger partial charge is 0.467 e. The van der Waals surface area contributed by atoms with Crippen molar-refractivity contribution in [1.29, 1.82) is 0 Å². The Balaban J connectivity index is 1.63. The first-order valence-corrected chi connectivity index (χ1v) is 9.91. The lowest BCUT2D eigenvalue weighted by atomic mass is 10.2. The van der Waals surface area contributed by atoms with Crippen LogP contribution in [0.1, 0.15) is 26.8 Å². The normalized spacial score (nSPS) is 10.5. The van der Waals surface area contributed by atoms with Crippen LogP contribution in [0.25, 0.3) is 0 Å². The quantitative estimate of drug-likeness (QED) is 0.442. The highest BCUT2D eigenvalue weighted by Gasteiger charge is 2.16. The molecule has 0 fully saturated rings. The predicted molar refractivity (Wildman–Crippen MR) is 105 cm³/mol. The Kier molecular flexibility index (Phi) is 6.16. The van der Waals surface area contributed by atoms with E-state index in [1.807, 2.05) is 37.3 Å². The molecule has 0 saturated heterocycles. The first kappa shape index (κ1) is 18.3. The molecule has 0 saturated carbocycles. The third kappa shape index (κ3) is 4.78. The highest BCUT2D eigenvalue weighted by Crippen LogP contribution is 2.24. The Morgan fingerprint density at radius 1 is 1.35 bits per heavy atom. The molecule has 0 aliphatic rings. The van der Waals surface area contributed by atoms with E-state index in [0.717, 1.165) is 21.3 Å². The molecule has 132 valence electrons. The van der Waals surface area contributed by atoms with Crippen molar-refractivity contribution < 1.29 is 9.21 Å². The Morgan fingerprint density at radius 3 is 2.77 bits per heavy atom. The van der Waals surface area contributed by atoms with E-state index >= 15 is 0 Å². The molecule has 2 heterocycles. The molecule has 0 atom stereocenters. The maximum absolute atomic E-state index is 12.7. The average molecular weight is 383 g/mol. The summed E-state index contributed by atoms with van der Waals surface area (Å²) in [6, 6.07) is 11.2. The van der Waals surface area contributed by atoms with Gasteiger partial charge in [-0.3, -0.25) is 4.79 Å². The van der Waals surface area contributed by atoms with Gasteiger partial charge >= 0.3 is 0 Å². The number of aryl methyl sites for hydroxylation is 1. The summed E-state index contributed by atoms with van der Waals surface area (Å²) in [6.07, 6.45) is 7.00. The zero-order valence-electron chi connectivity index (χ0n) is 14.3. The van der Waals surface area contributed by atoms with Crippen LogP contribution in [0.2, 0.25) is 0 Å². The lowest BCUT2D eigenvalue weighted by molar-refractivity contribution is 0.0755. The van der Waals surface area contributed by atoms with E-state index in [-0.39, 0.29) is 12.5 Å². The number of carbonyl (C=O) groups excluding carboxylic acids is 1. The van der Waals surface area contributed by atoms with Crippen LogP contribution in [-0.2, 0) is 12.3 Å². The first-order chi connectivity index (χ1) is 12.7. The van der Waals surface area contributed by atoms with Gasteiger partial charge in [-0.05, 0) is 43.3 Å². The number of hydrogen-bond donors (Lipinski definition) is 0. The van der Waals surface area contributed by atoms with Crippen molar-refractivity contribution in [3.8, 4) is 12.3 Å². The molecule has 4 nitrogen and oxygen atoms in total. The summed E-state index contributed by atoms with van der Waals surface area (Å²) in [5, 5.41) is 3.15. The van der Waals surface area contributed by atoms with Crippen molar-refractivity contribution in [2.24, 2.45) is 0 Å². The number of hydrogen-bond acceptors (Lipinski definition) is 5. The van der Waals surface area contributed by atoms with Crippen molar-refractivity contribution >= 4 is 29.0 Å². The molecule has 0 unspecified atom stereocenters. The van der Waals surface area contributed by atoms with Gasteiger partial charge in [0.15, 0.2) is 0 Å². The molecule has 0 spiro atoms. The number of benzene rings is 1. The van der Waals surface area contributed by atoms with Gasteiger partial charge in [-0.25, -0.2) is 4.98 Å². The van der Waals surface area contributed by atoms with Crippen LogP contribution < -0.4 is 0 Å². The van der Waals surface area contributed by atoms with Crippen molar-refractivity contribution in [3.05, 3.63) is 70.1 Å². The van der Waals surface area contributed by atoms with Gasteiger partial charge in [0, 0.05) is 21.6 Å². The van der Waals surface area contributed by atoms with E-state index in [2.05, 4.69) is 16.3 Å². The Morgan fingerprint density at radius 2 is 2.15 bits per heavy atom. The molecule has 1 amide bonds. The van der Waals surface area contributed by atoms with E-state index in [4.69, 9.17) is 10.8 Å². The minimum absolute atomic E-state index is 0.106. The van der Waals surface area contributed by atoms with Gasteiger partial charge in [-0.15, -0.1) is 29.5 Å². The third-order valence-electron chi connectivity index (χ3n) is 3.65. The van der Waals surface area contributed by atoms with Crippen LogP contribution in [0.15, 0.2) is 57.4 Å². The van der Waals surface area contributed by atoms with Gasteiger partial charge in [0.1, 0.15) is 5.76 Å². The molecule has 2 aromatic heterocycles. The van der Waals surface area contributed by atoms with Crippen molar-refractivity contribution in [3.63, 3.8) is 0 Å². The second-order valence-corrected chi connectivity index (χ2v) is 7.73. The Labute approximate surface area is 161 Å². The molecule has 0 radical (unpaired) electrons. The summed E-state index contributed by atoms with van der Waals surface area (Å²) >= 11 is 3.36. The minimum atomic E-state index is -0.106. The van der Waals surface area contributed by atoms with Gasteiger partial charge in [-0.1, -0.05) is 5.92 Å². The van der Waals surface area contributed by atoms with Crippen LogP contribution in [0.5, 0.6) is 0 Å². The number of furan rings is 1.